The second kappa shape index (κ2) is 8.62. The molecule has 0 saturated carbocycles. The fraction of sp³-hybridized carbons (Fsp3) is 0.125. The van der Waals surface area contributed by atoms with Gasteiger partial charge >= 0.3 is 0 Å². The summed E-state index contributed by atoms with van der Waals surface area (Å²) in [5, 5.41) is 8.81. The van der Waals surface area contributed by atoms with E-state index in [9.17, 15) is 4.79 Å². The van der Waals surface area contributed by atoms with Crippen LogP contribution in [-0.2, 0) is 4.79 Å². The van der Waals surface area contributed by atoms with Crippen molar-refractivity contribution in [3.05, 3.63) is 99.5 Å². The molecule has 32 heavy (non-hydrogen) atoms. The van der Waals surface area contributed by atoms with Crippen molar-refractivity contribution in [3.63, 3.8) is 0 Å². The van der Waals surface area contributed by atoms with E-state index in [1.165, 1.54) is 11.8 Å². The van der Waals surface area contributed by atoms with Gasteiger partial charge in [0.1, 0.15) is 22.9 Å². The minimum Gasteiger partial charge on any atom is -0.497 e. The van der Waals surface area contributed by atoms with Gasteiger partial charge in [-0.05, 0) is 53.2 Å². The first-order valence-electron chi connectivity index (χ1n) is 9.86. The first-order valence-corrected chi connectivity index (χ1v) is 11.4. The molecule has 0 N–H and O–H groups in total. The first-order chi connectivity index (χ1) is 15.5. The van der Waals surface area contributed by atoms with Crippen molar-refractivity contribution in [2.75, 3.05) is 7.11 Å². The molecule has 2 unspecified atom stereocenters. The highest BCUT2D eigenvalue weighted by Crippen LogP contribution is 2.42. The number of hydrogen-bond acceptors (Lipinski definition) is 6. The number of methoxy groups -OCH3 is 1. The second-order valence-corrected chi connectivity index (χ2v) is 9.08. The van der Waals surface area contributed by atoms with Gasteiger partial charge in [-0.3, -0.25) is 4.79 Å². The van der Waals surface area contributed by atoms with Crippen LogP contribution in [0, 0.1) is 0 Å². The highest BCUT2D eigenvalue weighted by Gasteiger charge is 2.43. The van der Waals surface area contributed by atoms with Crippen LogP contribution in [0.3, 0.4) is 0 Å². The number of fused-ring (bicyclic) bond motifs is 1. The number of Topliss-reactive ketones (excluding diaryl/α,β-unsaturated/α-hetero) is 1. The van der Waals surface area contributed by atoms with Crippen molar-refractivity contribution in [1.82, 2.24) is 5.01 Å². The van der Waals surface area contributed by atoms with Gasteiger partial charge in [-0.2, -0.15) is 5.10 Å². The Morgan fingerprint density at radius 1 is 0.969 bits per heavy atom. The monoisotopic (exact) mass is 481 g/mol. The minimum absolute atomic E-state index is 0.0436. The van der Waals surface area contributed by atoms with E-state index >= 15 is 0 Å². The lowest BCUT2D eigenvalue weighted by molar-refractivity contribution is -0.125. The topological polar surface area (TPSA) is 54.3 Å². The molecule has 2 atom stereocenters. The molecule has 0 aliphatic carbocycles. The Bertz CT molecular complexity index is 1250. The molecule has 0 amide bonds. The second-order valence-electron chi connectivity index (χ2n) is 7.28. The van der Waals surface area contributed by atoms with Gasteiger partial charge in [0, 0.05) is 10.6 Å². The Morgan fingerprint density at radius 2 is 1.72 bits per heavy atom. The summed E-state index contributed by atoms with van der Waals surface area (Å²) >= 11 is 13.9. The predicted molar refractivity (Wildman–Crippen MR) is 130 cm³/mol. The van der Waals surface area contributed by atoms with Crippen molar-refractivity contribution >= 4 is 51.0 Å². The molecule has 0 aromatic heterocycles. The quantitative estimate of drug-likeness (QED) is 0.449. The summed E-state index contributed by atoms with van der Waals surface area (Å²) in [6.45, 7) is 0. The number of thioether (sulfide) groups is 1. The van der Waals surface area contributed by atoms with Gasteiger partial charge in [0.05, 0.1) is 12.1 Å². The van der Waals surface area contributed by atoms with Crippen molar-refractivity contribution in [2.24, 2.45) is 10.1 Å². The molecule has 160 valence electrons. The lowest BCUT2D eigenvalue weighted by Crippen LogP contribution is -2.38. The fourth-order valence-electron chi connectivity index (χ4n) is 3.73. The zero-order valence-corrected chi connectivity index (χ0v) is 19.2. The molecule has 5 rings (SSSR count). The van der Waals surface area contributed by atoms with Gasteiger partial charge in [-0.25, -0.2) is 10.0 Å². The van der Waals surface area contributed by atoms with E-state index in [2.05, 4.69) is 0 Å². The van der Waals surface area contributed by atoms with Crippen molar-refractivity contribution < 1.29 is 9.53 Å². The summed E-state index contributed by atoms with van der Waals surface area (Å²) in [6.07, 6.45) is 0. The van der Waals surface area contributed by atoms with E-state index in [0.717, 1.165) is 22.4 Å². The summed E-state index contributed by atoms with van der Waals surface area (Å²) in [5.74, 6) is 0.677. The summed E-state index contributed by atoms with van der Waals surface area (Å²) in [7, 11) is 1.61. The molecule has 0 bridgehead atoms. The van der Waals surface area contributed by atoms with Crippen LogP contribution in [0.2, 0.25) is 10.0 Å². The Kier molecular flexibility index (Phi) is 5.67. The lowest BCUT2D eigenvalue weighted by Gasteiger charge is -2.32. The Hall–Kier alpha value is -2.80. The number of carbonyl (C=O) groups is 1. The minimum atomic E-state index is -0.616. The molecule has 0 fully saturated rings. The first kappa shape index (κ1) is 21.1. The number of hydrogen-bond donors (Lipinski definition) is 0. The number of aliphatic imine (C=N–C) groups is 1. The third-order valence-corrected chi connectivity index (χ3v) is 6.83. The summed E-state index contributed by atoms with van der Waals surface area (Å²) in [6, 6.07) is 21.1. The van der Waals surface area contributed by atoms with E-state index in [1.54, 1.807) is 24.3 Å². The zero-order valence-electron chi connectivity index (χ0n) is 16.9. The van der Waals surface area contributed by atoms with E-state index < -0.39 is 12.1 Å². The van der Waals surface area contributed by atoms with Crippen LogP contribution in [0.25, 0.3) is 0 Å². The molecule has 2 aliphatic heterocycles. The third kappa shape index (κ3) is 3.79. The zero-order chi connectivity index (χ0) is 22.2. The number of rotatable bonds is 4. The number of halogens is 2. The molecular weight excluding hydrogens is 465 g/mol. The van der Waals surface area contributed by atoms with Crippen LogP contribution in [-0.4, -0.2) is 28.1 Å². The Morgan fingerprint density at radius 3 is 2.41 bits per heavy atom. The van der Waals surface area contributed by atoms with Gasteiger partial charge in [0.25, 0.3) is 0 Å². The number of ether oxygens (including phenoxy) is 1. The summed E-state index contributed by atoms with van der Waals surface area (Å²) in [5.41, 5.74) is 2.41. The lowest BCUT2D eigenvalue weighted by atomic mass is 9.92. The fourth-order valence-corrected chi connectivity index (χ4v) is 5.27. The highest BCUT2D eigenvalue weighted by molar-refractivity contribution is 8.27. The highest BCUT2D eigenvalue weighted by atomic mass is 35.5. The molecule has 8 heteroatoms. The maximum absolute atomic E-state index is 13.7. The average molecular weight is 482 g/mol. The Labute approximate surface area is 199 Å². The molecule has 0 radical (unpaired) electrons. The number of nitrogens with zero attached hydrogens (tertiary/aromatic N) is 3. The molecule has 3 aromatic rings. The van der Waals surface area contributed by atoms with E-state index in [0.29, 0.717) is 20.3 Å². The smallest absolute Gasteiger partial charge is 0.190 e. The van der Waals surface area contributed by atoms with Crippen LogP contribution >= 0.6 is 35.0 Å². The van der Waals surface area contributed by atoms with E-state index in [1.807, 2.05) is 60.7 Å². The molecule has 0 saturated heterocycles. The number of ketones is 1. The van der Waals surface area contributed by atoms with Crippen molar-refractivity contribution in [1.29, 1.82) is 0 Å². The SMILES string of the molecule is COc1ccc(C2C(=O)C(c3ccccc3)N=C3SC(c4ccc(Cl)cc4Cl)=NN32)cc1. The van der Waals surface area contributed by atoms with Crippen LogP contribution in [0.15, 0.2) is 82.9 Å². The van der Waals surface area contributed by atoms with Gasteiger partial charge in [-0.15, -0.1) is 0 Å². The largest absolute Gasteiger partial charge is 0.497 e. The van der Waals surface area contributed by atoms with Gasteiger partial charge in [-0.1, -0.05) is 65.7 Å². The standard InChI is InChI=1S/C24H17Cl2N3O2S/c1-31-17-10-7-15(8-11-17)21-22(30)20(14-5-3-2-4-6-14)27-24-29(21)28-23(32-24)18-12-9-16(25)13-19(18)26/h2-13,20-21H,1H3. The molecular formula is C24H17Cl2N3O2S. The molecule has 2 heterocycles. The molecule has 5 nitrogen and oxygen atoms in total. The summed E-state index contributed by atoms with van der Waals surface area (Å²) in [4.78, 5) is 18.5. The summed E-state index contributed by atoms with van der Waals surface area (Å²) < 4.78 is 5.28. The Balaban J connectivity index is 1.61. The van der Waals surface area contributed by atoms with Crippen molar-refractivity contribution in [3.8, 4) is 5.75 Å². The van der Waals surface area contributed by atoms with Crippen molar-refractivity contribution in [2.45, 2.75) is 12.1 Å². The number of amidine groups is 1. The van der Waals surface area contributed by atoms with Crippen LogP contribution in [0.1, 0.15) is 28.8 Å². The third-order valence-electron chi connectivity index (χ3n) is 5.31. The number of hydrazone groups is 1. The predicted octanol–water partition coefficient (Wildman–Crippen LogP) is 6.13. The van der Waals surface area contributed by atoms with E-state index in [4.69, 9.17) is 38.0 Å². The van der Waals surface area contributed by atoms with Crippen LogP contribution in [0.5, 0.6) is 5.75 Å². The maximum atomic E-state index is 13.7. The normalized spacial score (nSPS) is 20.0. The van der Waals surface area contributed by atoms with Gasteiger partial charge in [0.2, 0.25) is 0 Å². The average Bonchev–Trinajstić information content (AvgIpc) is 3.22. The number of benzene rings is 3. The van der Waals surface area contributed by atoms with E-state index in [-0.39, 0.29) is 5.78 Å². The molecule has 0 spiro atoms. The molecule has 3 aromatic carbocycles. The van der Waals surface area contributed by atoms with Gasteiger partial charge < -0.3 is 4.74 Å². The molecule has 2 aliphatic rings. The van der Waals surface area contributed by atoms with Crippen LogP contribution in [0.4, 0.5) is 0 Å². The maximum Gasteiger partial charge on any atom is 0.190 e. The number of carbonyl (C=O) groups excluding carboxylic acids is 1. The van der Waals surface area contributed by atoms with Crippen LogP contribution < -0.4 is 4.74 Å². The van der Waals surface area contributed by atoms with Gasteiger partial charge in [0.15, 0.2) is 11.0 Å².